The predicted molar refractivity (Wildman–Crippen MR) is 133 cm³/mol. The van der Waals surface area contributed by atoms with Gasteiger partial charge in [0.25, 0.3) is 0 Å². The number of amidine groups is 1. The molecule has 1 aliphatic carbocycles. The van der Waals surface area contributed by atoms with Gasteiger partial charge in [-0.3, -0.25) is 0 Å². The van der Waals surface area contributed by atoms with Crippen LogP contribution in [-0.4, -0.2) is 50.8 Å². The summed E-state index contributed by atoms with van der Waals surface area (Å²) in [4.78, 5) is 12.2. The van der Waals surface area contributed by atoms with E-state index in [0.717, 1.165) is 0 Å². The molecule has 38 heavy (non-hydrogen) atoms. The largest absolute Gasteiger partial charge is 0.511 e. The number of hydrogen-bond donors (Lipinski definition) is 4. The Morgan fingerprint density at radius 1 is 1.05 bits per heavy atom. The number of nitrogens with two attached hydrogens (primary N) is 1. The standard InChI is InChI=1S/C23H20F4N6O4S/c24-14-2-1-3-16(12-14)31-22(34)30-15-6-4-13(5-7-15)17-8-9-18(20-19(17)21(28)33-32-20)37-11-10-29-38(35,36)23(25,26)27/h1-9,12,18,29H,10-11H2,(H2,28,33)(H2,30,31,34). The average molecular weight is 553 g/mol. The third kappa shape index (κ3) is 6.07. The Kier molecular flexibility index (Phi) is 7.61. The molecule has 1 aliphatic heterocycles. The molecule has 0 saturated heterocycles. The fraction of sp³-hybridized carbons (Fsp3) is 0.174. The number of allylic oxidation sites excluding steroid dienone is 2. The van der Waals surface area contributed by atoms with Gasteiger partial charge in [0, 0.05) is 17.9 Å². The van der Waals surface area contributed by atoms with Gasteiger partial charge in [-0.2, -0.15) is 13.2 Å². The zero-order chi connectivity index (χ0) is 27.5. The highest BCUT2D eigenvalue weighted by atomic mass is 32.2. The van der Waals surface area contributed by atoms with Crippen LogP contribution < -0.4 is 21.1 Å². The first-order chi connectivity index (χ1) is 17.9. The Balaban J connectivity index is 1.40. The molecule has 0 saturated carbocycles. The highest BCUT2D eigenvalue weighted by Crippen LogP contribution is 2.31. The van der Waals surface area contributed by atoms with E-state index in [0.29, 0.717) is 28.1 Å². The summed E-state index contributed by atoms with van der Waals surface area (Å²) in [7, 11) is -5.48. The lowest BCUT2D eigenvalue weighted by Gasteiger charge is -2.22. The van der Waals surface area contributed by atoms with E-state index < -0.39 is 40.0 Å². The fourth-order valence-corrected chi connectivity index (χ4v) is 4.10. The number of carbonyl (C=O) groups is 1. The van der Waals surface area contributed by atoms with Crippen LogP contribution in [0.2, 0.25) is 0 Å². The number of amides is 2. The maximum absolute atomic E-state index is 13.3. The normalized spacial score (nSPS) is 17.1. The Morgan fingerprint density at radius 3 is 2.45 bits per heavy atom. The Hall–Kier alpha value is -4.08. The van der Waals surface area contributed by atoms with Crippen molar-refractivity contribution in [2.45, 2.75) is 11.6 Å². The molecule has 0 aromatic heterocycles. The quantitative estimate of drug-likeness (QED) is 0.293. The number of anilines is 2. The second-order valence-electron chi connectivity index (χ2n) is 7.92. The van der Waals surface area contributed by atoms with Crippen LogP contribution in [-0.2, 0) is 14.8 Å². The van der Waals surface area contributed by atoms with E-state index in [1.54, 1.807) is 42.5 Å². The average Bonchev–Trinajstić information content (AvgIpc) is 3.23. The van der Waals surface area contributed by atoms with Crippen LogP contribution in [0.25, 0.3) is 5.57 Å². The summed E-state index contributed by atoms with van der Waals surface area (Å²) in [6.45, 7) is -0.979. The molecule has 0 radical (unpaired) electrons. The monoisotopic (exact) mass is 552 g/mol. The predicted octanol–water partition coefficient (Wildman–Crippen LogP) is 3.34. The Labute approximate surface area is 214 Å². The molecule has 1 heterocycles. The van der Waals surface area contributed by atoms with Crippen LogP contribution >= 0.6 is 0 Å². The van der Waals surface area contributed by atoms with Crippen LogP contribution in [0.3, 0.4) is 0 Å². The second kappa shape index (κ2) is 10.7. The second-order valence-corrected chi connectivity index (χ2v) is 9.68. The first-order valence-electron chi connectivity index (χ1n) is 10.9. The van der Waals surface area contributed by atoms with Gasteiger partial charge in [0.05, 0.1) is 12.2 Å². The summed E-state index contributed by atoms with van der Waals surface area (Å²) in [6, 6.07) is 11.6. The lowest BCUT2D eigenvalue weighted by Crippen LogP contribution is -2.39. The van der Waals surface area contributed by atoms with E-state index in [9.17, 15) is 30.8 Å². The third-order valence-corrected chi connectivity index (χ3v) is 6.48. The molecule has 2 aromatic carbocycles. The van der Waals surface area contributed by atoms with Crippen LogP contribution in [0.1, 0.15) is 5.56 Å². The summed E-state index contributed by atoms with van der Waals surface area (Å²) in [6.07, 6.45) is 2.44. The van der Waals surface area contributed by atoms with E-state index in [-0.39, 0.29) is 18.1 Å². The molecule has 0 spiro atoms. The minimum atomic E-state index is -5.48. The summed E-state index contributed by atoms with van der Waals surface area (Å²) >= 11 is 0. The Morgan fingerprint density at radius 2 is 1.76 bits per heavy atom. The molecule has 4 rings (SSSR count). The number of sulfonamides is 1. The molecule has 2 aromatic rings. The smallest absolute Gasteiger partial charge is 0.382 e. The van der Waals surface area contributed by atoms with Crippen molar-refractivity contribution in [2.24, 2.45) is 15.9 Å². The lowest BCUT2D eigenvalue weighted by atomic mass is 9.89. The van der Waals surface area contributed by atoms with Crippen molar-refractivity contribution in [2.75, 3.05) is 23.8 Å². The van der Waals surface area contributed by atoms with Gasteiger partial charge in [-0.25, -0.2) is 22.3 Å². The molecule has 200 valence electrons. The summed E-state index contributed by atoms with van der Waals surface area (Å²) in [5, 5.41) is 13.0. The first kappa shape index (κ1) is 27.0. The first-order valence-corrected chi connectivity index (χ1v) is 12.4. The number of carbonyl (C=O) groups excluding carboxylic acids is 1. The van der Waals surface area contributed by atoms with Gasteiger partial charge in [-0.05, 0) is 47.5 Å². The number of rotatable bonds is 8. The molecule has 5 N–H and O–H groups in total. The van der Waals surface area contributed by atoms with Crippen molar-refractivity contribution < 1.29 is 35.5 Å². The zero-order valence-corrected chi connectivity index (χ0v) is 20.1. The highest BCUT2D eigenvalue weighted by Gasteiger charge is 2.45. The zero-order valence-electron chi connectivity index (χ0n) is 19.3. The van der Waals surface area contributed by atoms with E-state index in [1.165, 1.54) is 22.9 Å². The van der Waals surface area contributed by atoms with Crippen LogP contribution in [0, 0.1) is 5.82 Å². The van der Waals surface area contributed by atoms with Gasteiger partial charge in [-0.1, -0.05) is 24.3 Å². The number of halogens is 4. The van der Waals surface area contributed by atoms with Crippen molar-refractivity contribution in [3.05, 3.63) is 77.6 Å². The number of hydrogen-bond acceptors (Lipinski definition) is 7. The summed E-state index contributed by atoms with van der Waals surface area (Å²) in [5.41, 5.74) is 3.42. The fourth-order valence-electron chi connectivity index (χ4n) is 3.58. The molecule has 1 unspecified atom stereocenters. The Bertz CT molecular complexity index is 1470. The number of urea groups is 1. The molecule has 1 atom stereocenters. The van der Waals surface area contributed by atoms with Gasteiger partial charge in [0.1, 0.15) is 17.6 Å². The summed E-state index contributed by atoms with van der Waals surface area (Å²) < 4.78 is 79.7. The molecule has 0 bridgehead atoms. The summed E-state index contributed by atoms with van der Waals surface area (Å²) in [5.74, 6) is -0.388. The van der Waals surface area contributed by atoms with Gasteiger partial charge in [0.15, 0.2) is 5.84 Å². The number of nitrogens with one attached hydrogen (secondary N) is 3. The molecule has 15 heteroatoms. The number of alkyl halides is 3. The minimum Gasteiger partial charge on any atom is -0.382 e. The van der Waals surface area contributed by atoms with Crippen molar-refractivity contribution in [1.82, 2.24) is 4.72 Å². The van der Waals surface area contributed by atoms with Gasteiger partial charge < -0.3 is 21.1 Å². The van der Waals surface area contributed by atoms with Gasteiger partial charge in [0.2, 0.25) is 0 Å². The van der Waals surface area contributed by atoms with E-state index in [2.05, 4.69) is 20.8 Å². The number of fused-ring (bicyclic) bond motifs is 1. The molecule has 10 nitrogen and oxygen atoms in total. The lowest BCUT2D eigenvalue weighted by molar-refractivity contribution is -0.0449. The molecular formula is C23H20F4N6O4S. The van der Waals surface area contributed by atoms with Crippen molar-refractivity contribution >= 4 is 44.5 Å². The van der Waals surface area contributed by atoms with Crippen LogP contribution in [0.5, 0.6) is 0 Å². The van der Waals surface area contributed by atoms with E-state index >= 15 is 0 Å². The molecule has 0 fully saturated rings. The van der Waals surface area contributed by atoms with Gasteiger partial charge in [-0.15, -0.1) is 10.2 Å². The van der Waals surface area contributed by atoms with Crippen LogP contribution in [0.4, 0.5) is 33.7 Å². The minimum absolute atomic E-state index is 0.0994. The third-order valence-electron chi connectivity index (χ3n) is 5.29. The van der Waals surface area contributed by atoms with E-state index in [4.69, 9.17) is 10.5 Å². The number of ether oxygens (including phenoxy) is 1. The molecule has 2 aliphatic rings. The maximum atomic E-state index is 13.3. The van der Waals surface area contributed by atoms with Gasteiger partial charge >= 0.3 is 21.6 Å². The molecular weight excluding hydrogens is 532 g/mol. The number of benzene rings is 2. The maximum Gasteiger partial charge on any atom is 0.511 e. The van der Waals surface area contributed by atoms with Crippen molar-refractivity contribution in [3.8, 4) is 0 Å². The van der Waals surface area contributed by atoms with Crippen LogP contribution in [0.15, 0.2) is 76.5 Å². The van der Waals surface area contributed by atoms with Crippen molar-refractivity contribution in [1.29, 1.82) is 0 Å². The van der Waals surface area contributed by atoms with Crippen molar-refractivity contribution in [3.63, 3.8) is 0 Å². The SMILES string of the molecule is NC1=NN=C2C1=C(c1ccc(NC(=O)Nc3cccc(F)c3)cc1)C=CC2OCCNS(=O)(=O)C(F)(F)F. The highest BCUT2D eigenvalue weighted by molar-refractivity contribution is 7.90. The topological polar surface area (TPSA) is 147 Å². The molecule has 2 amide bonds. The van der Waals surface area contributed by atoms with E-state index in [1.807, 2.05) is 0 Å². The number of nitrogens with zero attached hydrogens (tertiary/aromatic N) is 2.